The van der Waals surface area contributed by atoms with Gasteiger partial charge in [0.1, 0.15) is 0 Å². The summed E-state index contributed by atoms with van der Waals surface area (Å²) in [4.78, 5) is 10.8. The van der Waals surface area contributed by atoms with E-state index in [-0.39, 0.29) is 22.3 Å². The third kappa shape index (κ3) is 5.91. The number of sulfonamides is 1. The van der Waals surface area contributed by atoms with Crippen molar-refractivity contribution in [2.75, 3.05) is 6.54 Å². The molecule has 5 rings (SSSR count). The van der Waals surface area contributed by atoms with Crippen molar-refractivity contribution in [3.8, 4) is 0 Å². The first-order chi connectivity index (χ1) is 19.5. The quantitative estimate of drug-likeness (QED) is 0.107. The molecule has 208 valence electrons. The maximum absolute atomic E-state index is 13.6. The van der Waals surface area contributed by atoms with E-state index in [1.165, 1.54) is 36.4 Å². The highest BCUT2D eigenvalue weighted by Gasteiger charge is 2.34. The Morgan fingerprint density at radius 2 is 1.56 bits per heavy atom. The minimum atomic E-state index is -4.14. The summed E-state index contributed by atoms with van der Waals surface area (Å²) >= 11 is 6.00. The highest BCUT2D eigenvalue weighted by atomic mass is 35.5. The predicted molar refractivity (Wildman–Crippen MR) is 161 cm³/mol. The summed E-state index contributed by atoms with van der Waals surface area (Å²) in [6, 6.07) is 25.8. The monoisotopic (exact) mass is 586 g/mol. The molecule has 10 heteroatoms. The van der Waals surface area contributed by atoms with Crippen molar-refractivity contribution in [1.82, 2.24) is 5.01 Å². The third-order valence-corrected chi connectivity index (χ3v) is 8.49. The number of hydrogen-bond donors (Lipinski definition) is 0. The normalized spacial score (nSPS) is 15.6. The first-order valence-electron chi connectivity index (χ1n) is 12.9. The van der Waals surface area contributed by atoms with Gasteiger partial charge in [0.15, 0.2) is 5.84 Å². The summed E-state index contributed by atoms with van der Waals surface area (Å²) in [6.45, 7) is 6.15. The third-order valence-electron chi connectivity index (χ3n) is 6.95. The van der Waals surface area contributed by atoms with Crippen molar-refractivity contribution in [2.24, 2.45) is 9.50 Å². The summed E-state index contributed by atoms with van der Waals surface area (Å²) in [5, 5.41) is 18.2. The number of nitrogens with zero attached hydrogens (tertiary/aromatic N) is 4. The summed E-state index contributed by atoms with van der Waals surface area (Å²) in [5.74, 6) is -0.0417. The molecule has 0 fully saturated rings. The lowest BCUT2D eigenvalue weighted by Crippen LogP contribution is -2.29. The first-order valence-corrected chi connectivity index (χ1v) is 14.7. The van der Waals surface area contributed by atoms with Crippen molar-refractivity contribution in [1.29, 1.82) is 0 Å². The largest absolute Gasteiger partial charge is 0.284 e. The fourth-order valence-corrected chi connectivity index (χ4v) is 6.25. The minimum Gasteiger partial charge on any atom is -0.258 e. The van der Waals surface area contributed by atoms with Crippen LogP contribution in [0.3, 0.4) is 0 Å². The molecule has 0 N–H and O–H groups in total. The van der Waals surface area contributed by atoms with E-state index in [0.717, 1.165) is 22.3 Å². The van der Waals surface area contributed by atoms with Crippen molar-refractivity contribution < 1.29 is 13.3 Å². The van der Waals surface area contributed by atoms with Crippen molar-refractivity contribution in [2.45, 2.75) is 31.6 Å². The van der Waals surface area contributed by atoms with Crippen LogP contribution < -0.4 is 0 Å². The van der Waals surface area contributed by atoms with Crippen LogP contribution in [0.2, 0.25) is 5.02 Å². The summed E-state index contributed by atoms with van der Waals surface area (Å²) in [6.07, 6.45) is 0. The lowest BCUT2D eigenvalue weighted by Gasteiger charge is -2.22. The van der Waals surface area contributed by atoms with E-state index in [9.17, 15) is 18.5 Å². The van der Waals surface area contributed by atoms with Gasteiger partial charge in [0.05, 0.1) is 22.1 Å². The number of hydrazone groups is 1. The molecule has 1 aliphatic heterocycles. The van der Waals surface area contributed by atoms with E-state index in [2.05, 4.69) is 4.40 Å². The maximum atomic E-state index is 13.6. The Morgan fingerprint density at radius 3 is 2.15 bits per heavy atom. The molecule has 0 amide bonds. The van der Waals surface area contributed by atoms with Gasteiger partial charge in [-0.25, -0.2) is 5.01 Å². The number of hydrogen-bond acceptors (Lipinski definition) is 5. The predicted octanol–water partition coefficient (Wildman–Crippen LogP) is 6.81. The second kappa shape index (κ2) is 11.3. The average molecular weight is 587 g/mol. The van der Waals surface area contributed by atoms with Gasteiger partial charge in [-0.3, -0.25) is 10.1 Å². The van der Waals surface area contributed by atoms with Gasteiger partial charge >= 0.3 is 0 Å². The van der Waals surface area contributed by atoms with Crippen molar-refractivity contribution in [3.63, 3.8) is 0 Å². The molecule has 0 radical (unpaired) electrons. The Labute approximate surface area is 243 Å². The molecular formula is C31H27ClN4O4S. The molecule has 1 heterocycles. The zero-order valence-electron chi connectivity index (χ0n) is 22.7. The lowest BCUT2D eigenvalue weighted by molar-refractivity contribution is -0.384. The number of non-ortho nitro benzene ring substituents is 1. The molecule has 0 bridgehead atoms. The highest BCUT2D eigenvalue weighted by Crippen LogP contribution is 2.32. The molecule has 0 aromatic heterocycles. The summed E-state index contributed by atoms with van der Waals surface area (Å²) < 4.78 is 31.6. The number of benzene rings is 4. The van der Waals surface area contributed by atoms with Crippen LogP contribution in [0.25, 0.3) is 0 Å². The van der Waals surface area contributed by atoms with E-state index in [0.29, 0.717) is 28.4 Å². The zero-order chi connectivity index (χ0) is 29.3. The molecule has 4 aromatic carbocycles. The van der Waals surface area contributed by atoms with E-state index >= 15 is 0 Å². The number of aryl methyl sites for hydroxylation is 3. The van der Waals surface area contributed by atoms with E-state index in [1.807, 2.05) is 63.2 Å². The zero-order valence-corrected chi connectivity index (χ0v) is 24.2. The molecule has 0 saturated heterocycles. The fourth-order valence-electron chi connectivity index (χ4n) is 5.12. The fraction of sp³-hybridized carbons (Fsp3) is 0.161. The van der Waals surface area contributed by atoms with E-state index in [1.54, 1.807) is 17.1 Å². The molecule has 41 heavy (non-hydrogen) atoms. The molecule has 0 spiro atoms. The SMILES string of the molecule is Cc1cc(C)c(/C(=N\S(=O)(=O)c2ccc(Cl)cc2)N2CC(c3ccccc3)C(c3ccc([N+](=O)[O-])cc3)=N2)c(C)c1. The van der Waals surface area contributed by atoms with Crippen LogP contribution in [-0.2, 0) is 10.0 Å². The summed E-state index contributed by atoms with van der Waals surface area (Å²) in [7, 11) is -4.14. The Kier molecular flexibility index (Phi) is 7.75. The molecular weight excluding hydrogens is 560 g/mol. The average Bonchev–Trinajstić information content (AvgIpc) is 3.38. The molecule has 8 nitrogen and oxygen atoms in total. The molecule has 0 aliphatic carbocycles. The van der Waals surface area contributed by atoms with Crippen molar-refractivity contribution in [3.05, 3.63) is 140 Å². The standard InChI is InChI=1S/C31H27ClN4O4S/c1-20-17-21(2)29(22(3)18-20)31(34-41(39,40)27-15-11-25(32)12-16-27)35-19-28(23-7-5-4-6-8-23)30(33-35)24-9-13-26(14-10-24)36(37)38/h4-18,28H,19H2,1-3H3/b34-31+. The number of halogens is 1. The van der Waals surface area contributed by atoms with Crippen LogP contribution in [-0.4, -0.2) is 36.4 Å². The van der Waals surface area contributed by atoms with Crippen molar-refractivity contribution >= 4 is 38.9 Å². The number of rotatable bonds is 6. The van der Waals surface area contributed by atoms with Gasteiger partial charge < -0.3 is 0 Å². The van der Waals surface area contributed by atoms with Crippen LogP contribution >= 0.6 is 11.6 Å². The topological polar surface area (TPSA) is 105 Å². The number of amidine groups is 1. The molecule has 4 aromatic rings. The van der Waals surface area contributed by atoms with Gasteiger partial charge in [-0.05, 0) is 79.4 Å². The number of nitro groups is 1. The van der Waals surface area contributed by atoms with E-state index in [4.69, 9.17) is 16.7 Å². The molecule has 1 aliphatic rings. The second-order valence-corrected chi connectivity index (χ2v) is 12.0. The van der Waals surface area contributed by atoms with Crippen LogP contribution in [0.15, 0.2) is 105 Å². The van der Waals surface area contributed by atoms with Crippen LogP contribution in [0.5, 0.6) is 0 Å². The van der Waals surface area contributed by atoms with Crippen LogP contribution in [0, 0.1) is 30.9 Å². The van der Waals surface area contributed by atoms with Gasteiger partial charge in [0.2, 0.25) is 0 Å². The molecule has 1 unspecified atom stereocenters. The minimum absolute atomic E-state index is 0.0141. The van der Waals surface area contributed by atoms with Gasteiger partial charge in [-0.1, -0.05) is 59.6 Å². The lowest BCUT2D eigenvalue weighted by atomic mass is 9.90. The number of nitro benzene ring substituents is 1. The first kappa shape index (κ1) is 28.2. The van der Waals surface area contributed by atoms with Gasteiger partial charge in [-0.15, -0.1) is 4.40 Å². The van der Waals surface area contributed by atoms with Crippen LogP contribution in [0.4, 0.5) is 5.69 Å². The Balaban J connectivity index is 1.70. The Morgan fingerprint density at radius 1 is 0.951 bits per heavy atom. The van der Waals surface area contributed by atoms with E-state index < -0.39 is 14.9 Å². The maximum Gasteiger partial charge on any atom is 0.284 e. The van der Waals surface area contributed by atoms with Gasteiger partial charge in [-0.2, -0.15) is 13.5 Å². The Bertz CT molecular complexity index is 1760. The highest BCUT2D eigenvalue weighted by molar-refractivity contribution is 7.90. The van der Waals surface area contributed by atoms with Crippen LogP contribution in [0.1, 0.15) is 39.3 Å². The molecule has 0 saturated carbocycles. The summed E-state index contributed by atoms with van der Waals surface area (Å²) in [5.41, 5.74) is 5.75. The smallest absolute Gasteiger partial charge is 0.258 e. The van der Waals surface area contributed by atoms with Gasteiger partial charge in [0.25, 0.3) is 15.7 Å². The van der Waals surface area contributed by atoms with Gasteiger partial charge in [0, 0.05) is 28.6 Å². The Hall–Kier alpha value is -4.34. The molecule has 1 atom stereocenters. The second-order valence-electron chi connectivity index (χ2n) is 9.95.